The molecule has 0 saturated carbocycles. The highest BCUT2D eigenvalue weighted by Gasteiger charge is 2.49. The van der Waals surface area contributed by atoms with Crippen LogP contribution in [0, 0.1) is 25.2 Å². The van der Waals surface area contributed by atoms with Gasteiger partial charge in [-0.2, -0.15) is 4.98 Å². The average molecular weight is 364 g/mol. The van der Waals surface area contributed by atoms with Crippen molar-refractivity contribution in [3.63, 3.8) is 0 Å². The van der Waals surface area contributed by atoms with Crippen LogP contribution in [0.5, 0.6) is 0 Å². The molecule has 0 aromatic carbocycles. The van der Waals surface area contributed by atoms with Gasteiger partial charge in [0.05, 0.1) is 6.10 Å². The molecule has 26 heavy (non-hydrogen) atoms. The maximum Gasteiger partial charge on any atom is 0.314 e. The molecule has 1 aliphatic heterocycles. The topological polar surface area (TPSA) is 89.8 Å². The van der Waals surface area contributed by atoms with Crippen molar-refractivity contribution in [1.82, 2.24) is 9.97 Å². The first-order chi connectivity index (χ1) is 12.1. The standard InChI is InChI=1S/C19H32N4O3/c1-12(2)7-9-19(17(25)26)11-23(10-8-15(19)24)16-13(3)14(4)20-18(21-16)22(5)6/h12,15,24H,7-11H2,1-6H3,(H,25,26)/t15-,19-/m1/s1. The van der Waals surface area contributed by atoms with Crippen LogP contribution in [0.15, 0.2) is 0 Å². The summed E-state index contributed by atoms with van der Waals surface area (Å²) in [5.74, 6) is 0.837. The Morgan fingerprint density at radius 1 is 1.35 bits per heavy atom. The summed E-state index contributed by atoms with van der Waals surface area (Å²) in [5.41, 5.74) is 0.676. The molecular weight excluding hydrogens is 332 g/mol. The van der Waals surface area contributed by atoms with E-state index in [1.54, 1.807) is 0 Å². The van der Waals surface area contributed by atoms with Crippen LogP contribution < -0.4 is 9.80 Å². The van der Waals surface area contributed by atoms with Gasteiger partial charge in [0.2, 0.25) is 5.95 Å². The lowest BCUT2D eigenvalue weighted by molar-refractivity contribution is -0.158. The molecule has 2 heterocycles. The van der Waals surface area contributed by atoms with E-state index in [-0.39, 0.29) is 6.54 Å². The Labute approximate surface area is 156 Å². The lowest BCUT2D eigenvalue weighted by Crippen LogP contribution is -2.56. The fourth-order valence-corrected chi connectivity index (χ4v) is 3.48. The summed E-state index contributed by atoms with van der Waals surface area (Å²) in [6, 6.07) is 0. The van der Waals surface area contributed by atoms with Crippen molar-refractivity contribution in [2.24, 2.45) is 11.3 Å². The second kappa shape index (κ2) is 7.78. The number of carbonyl (C=O) groups is 1. The third kappa shape index (κ3) is 3.92. The van der Waals surface area contributed by atoms with Crippen LogP contribution in [-0.2, 0) is 4.79 Å². The molecule has 2 N–H and O–H groups in total. The van der Waals surface area contributed by atoms with Gasteiger partial charge in [-0.3, -0.25) is 4.79 Å². The highest BCUT2D eigenvalue weighted by molar-refractivity contribution is 5.77. The molecule has 1 fully saturated rings. The molecule has 0 spiro atoms. The van der Waals surface area contributed by atoms with E-state index >= 15 is 0 Å². The van der Waals surface area contributed by atoms with Crippen molar-refractivity contribution in [2.45, 2.75) is 53.1 Å². The number of nitrogens with zero attached hydrogens (tertiary/aromatic N) is 4. The summed E-state index contributed by atoms with van der Waals surface area (Å²) in [6.07, 6.45) is 0.805. The fraction of sp³-hybridized carbons (Fsp3) is 0.737. The minimum absolute atomic E-state index is 0.264. The Hall–Kier alpha value is -1.89. The van der Waals surface area contributed by atoms with E-state index in [9.17, 15) is 15.0 Å². The first-order valence-electron chi connectivity index (χ1n) is 9.27. The number of aliphatic hydroxyl groups excluding tert-OH is 1. The second-order valence-corrected chi connectivity index (χ2v) is 8.07. The van der Waals surface area contributed by atoms with Crippen molar-refractivity contribution in [1.29, 1.82) is 0 Å². The SMILES string of the molecule is Cc1nc(N(C)C)nc(N2CC[C@@H](O)[C@](CCC(C)C)(C(=O)O)C2)c1C. The lowest BCUT2D eigenvalue weighted by atomic mass is 9.72. The molecule has 0 bridgehead atoms. The maximum absolute atomic E-state index is 12.2. The number of aromatic nitrogens is 2. The lowest BCUT2D eigenvalue weighted by Gasteiger charge is -2.44. The molecule has 1 aromatic heterocycles. The van der Waals surface area contributed by atoms with Gasteiger partial charge in [-0.05, 0) is 39.0 Å². The van der Waals surface area contributed by atoms with Gasteiger partial charge in [-0.15, -0.1) is 0 Å². The molecule has 2 atom stereocenters. The summed E-state index contributed by atoms with van der Waals surface area (Å²) >= 11 is 0. The number of carboxylic acids is 1. The molecule has 1 saturated heterocycles. The molecule has 2 rings (SSSR count). The number of aliphatic carboxylic acids is 1. The summed E-state index contributed by atoms with van der Waals surface area (Å²) in [7, 11) is 3.77. The van der Waals surface area contributed by atoms with E-state index in [0.717, 1.165) is 23.5 Å². The van der Waals surface area contributed by atoms with Crippen molar-refractivity contribution >= 4 is 17.7 Å². The molecule has 7 heteroatoms. The Morgan fingerprint density at radius 2 is 2.00 bits per heavy atom. The number of aryl methyl sites for hydroxylation is 1. The summed E-state index contributed by atoms with van der Waals surface area (Å²) in [5, 5.41) is 20.6. The van der Waals surface area contributed by atoms with E-state index in [0.29, 0.717) is 31.3 Å². The largest absolute Gasteiger partial charge is 0.481 e. The van der Waals surface area contributed by atoms with Gasteiger partial charge in [-0.25, -0.2) is 4.98 Å². The van der Waals surface area contributed by atoms with Gasteiger partial charge < -0.3 is 20.0 Å². The van der Waals surface area contributed by atoms with Crippen molar-refractivity contribution < 1.29 is 15.0 Å². The molecular formula is C19H32N4O3. The van der Waals surface area contributed by atoms with Crippen LogP contribution in [0.4, 0.5) is 11.8 Å². The quantitative estimate of drug-likeness (QED) is 0.800. The minimum atomic E-state index is -1.16. The molecule has 7 nitrogen and oxygen atoms in total. The minimum Gasteiger partial charge on any atom is -0.481 e. The molecule has 0 aliphatic carbocycles. The number of rotatable bonds is 6. The van der Waals surface area contributed by atoms with Gasteiger partial charge >= 0.3 is 5.97 Å². The molecule has 0 radical (unpaired) electrons. The normalized spacial score (nSPS) is 23.4. The van der Waals surface area contributed by atoms with Gasteiger partial charge in [0.1, 0.15) is 11.2 Å². The number of hydrogen-bond donors (Lipinski definition) is 2. The third-order valence-corrected chi connectivity index (χ3v) is 5.43. The Bertz CT molecular complexity index is 662. The average Bonchev–Trinajstić information content (AvgIpc) is 2.56. The number of piperidine rings is 1. The van der Waals surface area contributed by atoms with Crippen LogP contribution in [0.1, 0.15) is 44.4 Å². The van der Waals surface area contributed by atoms with Gasteiger partial charge in [-0.1, -0.05) is 13.8 Å². The molecule has 1 aliphatic rings. The number of hydrogen-bond acceptors (Lipinski definition) is 6. The van der Waals surface area contributed by atoms with Crippen LogP contribution >= 0.6 is 0 Å². The van der Waals surface area contributed by atoms with Crippen molar-refractivity contribution in [2.75, 3.05) is 37.0 Å². The smallest absolute Gasteiger partial charge is 0.314 e. The summed E-state index contributed by atoms with van der Waals surface area (Å²) in [4.78, 5) is 25.2. The number of aliphatic hydroxyl groups is 1. The predicted octanol–water partition coefficient (Wildman–Crippen LogP) is 2.24. The zero-order valence-electron chi connectivity index (χ0n) is 16.8. The zero-order valence-corrected chi connectivity index (χ0v) is 16.8. The van der Waals surface area contributed by atoms with E-state index in [1.807, 2.05) is 37.7 Å². The zero-order chi connectivity index (χ0) is 19.6. The first kappa shape index (κ1) is 20.4. The van der Waals surface area contributed by atoms with Gasteiger partial charge in [0.25, 0.3) is 0 Å². The second-order valence-electron chi connectivity index (χ2n) is 8.07. The highest BCUT2D eigenvalue weighted by Crippen LogP contribution is 2.39. The van der Waals surface area contributed by atoms with Crippen molar-refractivity contribution in [3.8, 4) is 0 Å². The van der Waals surface area contributed by atoms with E-state index in [4.69, 9.17) is 0 Å². The molecule has 146 valence electrons. The van der Waals surface area contributed by atoms with Crippen molar-refractivity contribution in [3.05, 3.63) is 11.3 Å². The monoisotopic (exact) mass is 364 g/mol. The predicted molar refractivity (Wildman–Crippen MR) is 103 cm³/mol. The van der Waals surface area contributed by atoms with Crippen LogP contribution in [0.25, 0.3) is 0 Å². The van der Waals surface area contributed by atoms with Gasteiger partial charge in [0.15, 0.2) is 0 Å². The Balaban J connectivity index is 2.41. The number of anilines is 2. The molecule has 0 amide bonds. The summed E-state index contributed by atoms with van der Waals surface area (Å²) < 4.78 is 0. The van der Waals surface area contributed by atoms with E-state index < -0.39 is 17.5 Å². The van der Waals surface area contributed by atoms with E-state index in [2.05, 4.69) is 23.8 Å². The van der Waals surface area contributed by atoms with E-state index in [1.165, 1.54) is 0 Å². The summed E-state index contributed by atoms with van der Waals surface area (Å²) in [6.45, 7) is 8.90. The number of carboxylic acid groups (broad SMARTS) is 1. The van der Waals surface area contributed by atoms with Crippen LogP contribution in [0.3, 0.4) is 0 Å². The Kier molecular flexibility index (Phi) is 6.11. The van der Waals surface area contributed by atoms with Gasteiger partial charge in [0, 0.05) is 38.4 Å². The third-order valence-electron chi connectivity index (χ3n) is 5.43. The molecule has 0 unspecified atom stereocenters. The Morgan fingerprint density at radius 3 is 2.54 bits per heavy atom. The molecule has 1 aromatic rings. The van der Waals surface area contributed by atoms with Crippen LogP contribution in [0.2, 0.25) is 0 Å². The van der Waals surface area contributed by atoms with Crippen LogP contribution in [-0.4, -0.2) is 59.4 Å². The maximum atomic E-state index is 12.2. The first-order valence-corrected chi connectivity index (χ1v) is 9.27. The highest BCUT2D eigenvalue weighted by atomic mass is 16.4. The fourth-order valence-electron chi connectivity index (χ4n) is 3.48.